The van der Waals surface area contributed by atoms with E-state index in [-0.39, 0.29) is 11.8 Å². The topological polar surface area (TPSA) is 75.3 Å². The Hall–Kier alpha value is -2.10. The molecule has 1 fully saturated rings. The first-order valence-corrected chi connectivity index (χ1v) is 10.6. The number of amides is 1. The van der Waals surface area contributed by atoms with E-state index in [4.69, 9.17) is 11.6 Å². The van der Waals surface area contributed by atoms with Crippen molar-refractivity contribution in [1.29, 1.82) is 0 Å². The smallest absolute Gasteiger partial charge is 0.326 e. The number of alkyl halides is 3. The highest BCUT2D eigenvalue weighted by Gasteiger charge is 2.34. The average molecular weight is 447 g/mol. The van der Waals surface area contributed by atoms with E-state index in [0.29, 0.717) is 17.3 Å². The molecule has 1 atom stereocenters. The molecule has 2 aromatic carbocycles. The number of rotatable bonds is 6. The highest BCUT2D eigenvalue weighted by atomic mass is 35.5. The molecule has 0 spiro atoms. The second-order valence-electron chi connectivity index (χ2n) is 6.87. The molecular formula is C19H18ClF3N2O3S. The maximum atomic E-state index is 13.0. The molecule has 0 aliphatic heterocycles. The maximum Gasteiger partial charge on any atom is 0.417 e. The summed E-state index contributed by atoms with van der Waals surface area (Å²) in [5.41, 5.74) is -0.0401. The van der Waals surface area contributed by atoms with E-state index in [1.165, 1.54) is 0 Å². The fourth-order valence-corrected chi connectivity index (χ4v) is 4.19. The Morgan fingerprint density at radius 1 is 1.14 bits per heavy atom. The van der Waals surface area contributed by atoms with Crippen LogP contribution in [0.5, 0.6) is 0 Å². The van der Waals surface area contributed by atoms with Gasteiger partial charge in [0.25, 0.3) is 0 Å². The molecule has 0 aromatic heterocycles. The standard InChI is InChI=1S/C19H18ClF3N2O3S/c1-11(12-4-6-14(7-5-12)24-18(26)13-2-3-13)25-29(27,28)15-8-9-17(20)16(10-15)19(21,22)23/h4-11,13,25H,2-3H2,1H3,(H,24,26). The Morgan fingerprint density at radius 2 is 1.76 bits per heavy atom. The number of hydrogen-bond acceptors (Lipinski definition) is 3. The quantitative estimate of drug-likeness (QED) is 0.672. The highest BCUT2D eigenvalue weighted by Crippen LogP contribution is 2.36. The fraction of sp³-hybridized carbons (Fsp3) is 0.316. The summed E-state index contributed by atoms with van der Waals surface area (Å²) >= 11 is 5.54. The molecule has 5 nitrogen and oxygen atoms in total. The van der Waals surface area contributed by atoms with Gasteiger partial charge in [0.2, 0.25) is 15.9 Å². The summed E-state index contributed by atoms with van der Waals surface area (Å²) in [6.45, 7) is 1.57. The molecule has 29 heavy (non-hydrogen) atoms. The number of halogens is 4. The maximum absolute atomic E-state index is 13.0. The summed E-state index contributed by atoms with van der Waals surface area (Å²) in [6, 6.07) is 8.28. The highest BCUT2D eigenvalue weighted by molar-refractivity contribution is 7.89. The van der Waals surface area contributed by atoms with Crippen LogP contribution in [-0.2, 0) is 21.0 Å². The molecule has 0 bridgehead atoms. The molecule has 1 unspecified atom stereocenters. The van der Waals surface area contributed by atoms with Crippen molar-refractivity contribution in [3.05, 3.63) is 58.6 Å². The second kappa shape index (κ2) is 7.97. The first-order valence-electron chi connectivity index (χ1n) is 8.77. The zero-order valence-electron chi connectivity index (χ0n) is 15.3. The molecule has 2 aromatic rings. The van der Waals surface area contributed by atoms with E-state index < -0.39 is 37.7 Å². The predicted molar refractivity (Wildman–Crippen MR) is 103 cm³/mol. The Labute approximate surface area is 171 Å². The van der Waals surface area contributed by atoms with E-state index in [2.05, 4.69) is 10.0 Å². The van der Waals surface area contributed by atoms with Crippen LogP contribution >= 0.6 is 11.6 Å². The largest absolute Gasteiger partial charge is 0.417 e. The lowest BCUT2D eigenvalue weighted by atomic mass is 10.1. The lowest BCUT2D eigenvalue weighted by Crippen LogP contribution is -2.27. The van der Waals surface area contributed by atoms with Gasteiger partial charge in [0.15, 0.2) is 0 Å². The van der Waals surface area contributed by atoms with Gasteiger partial charge in [-0.1, -0.05) is 23.7 Å². The van der Waals surface area contributed by atoms with Crippen molar-refractivity contribution in [2.75, 3.05) is 5.32 Å². The van der Waals surface area contributed by atoms with Gasteiger partial charge in [-0.2, -0.15) is 13.2 Å². The van der Waals surface area contributed by atoms with Crippen LogP contribution in [0.15, 0.2) is 47.4 Å². The molecule has 156 valence electrons. The van der Waals surface area contributed by atoms with Crippen LogP contribution in [-0.4, -0.2) is 14.3 Å². The Bertz CT molecular complexity index is 1020. The third kappa shape index (κ3) is 5.29. The van der Waals surface area contributed by atoms with Crippen LogP contribution in [0.25, 0.3) is 0 Å². The number of nitrogens with one attached hydrogen (secondary N) is 2. The lowest BCUT2D eigenvalue weighted by Gasteiger charge is -2.17. The zero-order valence-corrected chi connectivity index (χ0v) is 16.8. The first kappa shape index (κ1) is 21.6. The van der Waals surface area contributed by atoms with Gasteiger partial charge in [-0.3, -0.25) is 4.79 Å². The SMILES string of the molecule is CC(NS(=O)(=O)c1ccc(Cl)c(C(F)(F)F)c1)c1ccc(NC(=O)C2CC2)cc1. The minimum absolute atomic E-state index is 0.0466. The number of benzene rings is 2. The third-order valence-corrected chi connectivity index (χ3v) is 6.38. The minimum Gasteiger partial charge on any atom is -0.326 e. The molecule has 3 rings (SSSR count). The summed E-state index contributed by atoms with van der Waals surface area (Å²) in [6.07, 6.45) is -3.01. The van der Waals surface area contributed by atoms with E-state index in [1.807, 2.05) is 0 Å². The summed E-state index contributed by atoms with van der Waals surface area (Å²) in [5.74, 6) is 0.0103. The van der Waals surface area contributed by atoms with Crippen molar-refractivity contribution in [3.63, 3.8) is 0 Å². The van der Waals surface area contributed by atoms with Gasteiger partial charge in [-0.15, -0.1) is 0 Å². The van der Waals surface area contributed by atoms with Crippen LogP contribution in [0.3, 0.4) is 0 Å². The van der Waals surface area contributed by atoms with Gasteiger partial charge in [-0.05, 0) is 55.7 Å². The fourth-order valence-electron chi connectivity index (χ4n) is 2.70. The van der Waals surface area contributed by atoms with Gasteiger partial charge in [-0.25, -0.2) is 13.1 Å². The molecule has 0 radical (unpaired) electrons. The van der Waals surface area contributed by atoms with Crippen molar-refractivity contribution in [1.82, 2.24) is 4.72 Å². The van der Waals surface area contributed by atoms with E-state index in [0.717, 1.165) is 25.0 Å². The van der Waals surface area contributed by atoms with Gasteiger partial charge < -0.3 is 5.32 Å². The van der Waals surface area contributed by atoms with Gasteiger partial charge >= 0.3 is 6.18 Å². The molecule has 2 N–H and O–H groups in total. The first-order chi connectivity index (χ1) is 13.5. The molecule has 1 aliphatic rings. The monoisotopic (exact) mass is 446 g/mol. The van der Waals surface area contributed by atoms with Gasteiger partial charge in [0.1, 0.15) is 0 Å². The Morgan fingerprint density at radius 3 is 2.31 bits per heavy atom. The number of anilines is 1. The lowest BCUT2D eigenvalue weighted by molar-refractivity contribution is -0.137. The van der Waals surface area contributed by atoms with Crippen LogP contribution in [0.4, 0.5) is 18.9 Å². The minimum atomic E-state index is -4.77. The second-order valence-corrected chi connectivity index (χ2v) is 8.99. The molecule has 0 heterocycles. The average Bonchev–Trinajstić information content (AvgIpc) is 3.46. The summed E-state index contributed by atoms with van der Waals surface area (Å²) in [5, 5.41) is 2.20. The summed E-state index contributed by atoms with van der Waals surface area (Å²) in [4.78, 5) is 11.2. The molecule has 1 saturated carbocycles. The number of hydrogen-bond donors (Lipinski definition) is 2. The molecular weight excluding hydrogens is 429 g/mol. The third-order valence-electron chi connectivity index (χ3n) is 4.51. The van der Waals surface area contributed by atoms with E-state index in [9.17, 15) is 26.4 Å². The van der Waals surface area contributed by atoms with Crippen molar-refractivity contribution >= 4 is 33.2 Å². The molecule has 1 aliphatic carbocycles. The van der Waals surface area contributed by atoms with E-state index >= 15 is 0 Å². The van der Waals surface area contributed by atoms with Gasteiger partial charge in [0.05, 0.1) is 15.5 Å². The normalized spacial score (nSPS) is 15.8. The number of carbonyl (C=O) groups excluding carboxylic acids is 1. The predicted octanol–water partition coefficient (Wildman–Crippen LogP) is 4.75. The summed E-state index contributed by atoms with van der Waals surface area (Å²) < 4.78 is 66.4. The van der Waals surface area contributed by atoms with Crippen LogP contribution < -0.4 is 10.0 Å². The van der Waals surface area contributed by atoms with Gasteiger partial charge in [0, 0.05) is 17.6 Å². The molecule has 0 saturated heterocycles. The zero-order chi connectivity index (χ0) is 21.4. The van der Waals surface area contributed by atoms with Crippen LogP contribution in [0, 0.1) is 5.92 Å². The van der Waals surface area contributed by atoms with Crippen molar-refractivity contribution in [2.45, 2.75) is 36.9 Å². The van der Waals surface area contributed by atoms with E-state index in [1.54, 1.807) is 31.2 Å². The molecule has 1 amide bonds. The number of sulfonamides is 1. The Kier molecular flexibility index (Phi) is 5.93. The summed E-state index contributed by atoms with van der Waals surface area (Å²) in [7, 11) is -4.22. The van der Waals surface area contributed by atoms with Crippen LogP contribution in [0.2, 0.25) is 5.02 Å². The van der Waals surface area contributed by atoms with Crippen molar-refractivity contribution in [2.24, 2.45) is 5.92 Å². The number of carbonyl (C=O) groups is 1. The Balaban J connectivity index is 1.73. The molecule has 10 heteroatoms. The van der Waals surface area contributed by atoms with Crippen molar-refractivity contribution < 1.29 is 26.4 Å². The van der Waals surface area contributed by atoms with Crippen LogP contribution in [0.1, 0.15) is 36.9 Å². The van der Waals surface area contributed by atoms with Crippen molar-refractivity contribution in [3.8, 4) is 0 Å².